The van der Waals surface area contributed by atoms with Gasteiger partial charge in [0.1, 0.15) is 0 Å². The zero-order valence-corrected chi connectivity index (χ0v) is 9.78. The molecule has 2 rings (SSSR count). The second kappa shape index (κ2) is 4.37. The Hall–Kier alpha value is -1.16. The van der Waals surface area contributed by atoms with Gasteiger partial charge in [-0.05, 0) is 12.8 Å². The predicted octanol–water partition coefficient (Wildman–Crippen LogP) is 1.65. The normalized spacial score (nSPS) is 19.6. The Morgan fingerprint density at radius 1 is 1.50 bits per heavy atom. The minimum atomic E-state index is -0.273. The summed E-state index contributed by atoms with van der Waals surface area (Å²) in [6, 6.07) is 0. The van der Waals surface area contributed by atoms with Gasteiger partial charge in [-0.3, -0.25) is 9.48 Å². The topological polar surface area (TPSA) is 60.9 Å². The Kier molecular flexibility index (Phi) is 3.10. The monoisotopic (exact) mass is 221 g/mol. The van der Waals surface area contributed by atoms with Crippen LogP contribution in [0.4, 0.5) is 0 Å². The number of carbonyl (C=O) groups excluding carboxylic acids is 1. The van der Waals surface area contributed by atoms with Crippen molar-refractivity contribution in [2.75, 3.05) is 0 Å². The maximum Gasteiger partial charge on any atom is 0.167 e. The molecule has 1 saturated carbocycles. The first-order chi connectivity index (χ1) is 7.59. The van der Waals surface area contributed by atoms with E-state index in [-0.39, 0.29) is 11.3 Å². The van der Waals surface area contributed by atoms with Crippen molar-refractivity contribution >= 4 is 5.78 Å². The second-order valence-electron chi connectivity index (χ2n) is 4.93. The molecule has 4 nitrogen and oxygen atoms in total. The maximum atomic E-state index is 12.0. The third kappa shape index (κ3) is 2.50. The molecule has 1 aliphatic rings. The standard InChI is InChI=1S/C12H19N3O/c1-15-9-10(8-14-15)11(16)7-12(13)5-3-2-4-6-12/h8-9H,2-7,13H2,1H3. The van der Waals surface area contributed by atoms with E-state index in [9.17, 15) is 4.79 Å². The SMILES string of the molecule is Cn1cc(C(=O)CC2(N)CCCCC2)cn1. The van der Waals surface area contributed by atoms with E-state index in [1.165, 1.54) is 6.42 Å². The zero-order valence-electron chi connectivity index (χ0n) is 9.78. The Bertz CT molecular complexity index is 377. The lowest BCUT2D eigenvalue weighted by Gasteiger charge is -2.32. The van der Waals surface area contributed by atoms with Crippen LogP contribution in [0.2, 0.25) is 0 Å². The minimum absolute atomic E-state index is 0.123. The van der Waals surface area contributed by atoms with Crippen molar-refractivity contribution in [1.29, 1.82) is 0 Å². The van der Waals surface area contributed by atoms with Gasteiger partial charge in [-0.2, -0.15) is 5.10 Å². The third-order valence-corrected chi connectivity index (χ3v) is 3.39. The number of carbonyl (C=O) groups is 1. The average molecular weight is 221 g/mol. The molecule has 0 bridgehead atoms. The number of nitrogens with zero attached hydrogens (tertiary/aromatic N) is 2. The number of hydrogen-bond donors (Lipinski definition) is 1. The molecule has 1 fully saturated rings. The van der Waals surface area contributed by atoms with E-state index in [0.29, 0.717) is 12.0 Å². The van der Waals surface area contributed by atoms with Crippen molar-refractivity contribution in [3.8, 4) is 0 Å². The Morgan fingerprint density at radius 2 is 2.19 bits per heavy atom. The summed E-state index contributed by atoms with van der Waals surface area (Å²) in [5, 5.41) is 4.01. The third-order valence-electron chi connectivity index (χ3n) is 3.39. The van der Waals surface area contributed by atoms with Gasteiger partial charge in [0.2, 0.25) is 0 Å². The van der Waals surface area contributed by atoms with Crippen molar-refractivity contribution in [2.24, 2.45) is 12.8 Å². The Labute approximate surface area is 95.8 Å². The van der Waals surface area contributed by atoms with E-state index < -0.39 is 0 Å². The van der Waals surface area contributed by atoms with Crippen LogP contribution >= 0.6 is 0 Å². The molecule has 0 saturated heterocycles. The van der Waals surface area contributed by atoms with Crippen molar-refractivity contribution in [3.05, 3.63) is 18.0 Å². The lowest BCUT2D eigenvalue weighted by atomic mass is 9.78. The first kappa shape index (κ1) is 11.3. The molecule has 2 N–H and O–H groups in total. The van der Waals surface area contributed by atoms with E-state index >= 15 is 0 Å². The predicted molar refractivity (Wildman–Crippen MR) is 62.2 cm³/mol. The summed E-state index contributed by atoms with van der Waals surface area (Å²) in [6.07, 6.45) is 9.33. The Morgan fingerprint density at radius 3 is 2.75 bits per heavy atom. The largest absolute Gasteiger partial charge is 0.325 e. The summed E-state index contributed by atoms with van der Waals surface area (Å²) >= 11 is 0. The van der Waals surface area contributed by atoms with Gasteiger partial charge in [0.25, 0.3) is 0 Å². The first-order valence-electron chi connectivity index (χ1n) is 5.90. The summed E-state index contributed by atoms with van der Waals surface area (Å²) in [5.41, 5.74) is 6.66. The smallest absolute Gasteiger partial charge is 0.167 e. The molecule has 1 aromatic rings. The number of nitrogens with two attached hydrogens (primary N) is 1. The number of aromatic nitrogens is 2. The molecule has 4 heteroatoms. The van der Waals surface area contributed by atoms with Gasteiger partial charge in [-0.25, -0.2) is 0 Å². The molecule has 0 aromatic carbocycles. The van der Waals surface area contributed by atoms with Gasteiger partial charge >= 0.3 is 0 Å². The number of ketones is 1. The summed E-state index contributed by atoms with van der Waals surface area (Å²) < 4.78 is 1.65. The van der Waals surface area contributed by atoms with Gasteiger partial charge in [-0.1, -0.05) is 19.3 Å². The Balaban J connectivity index is 2.01. The van der Waals surface area contributed by atoms with Gasteiger partial charge in [0.05, 0.1) is 11.8 Å². The summed E-state index contributed by atoms with van der Waals surface area (Å²) in [7, 11) is 1.82. The van der Waals surface area contributed by atoms with E-state index in [2.05, 4.69) is 5.10 Å². The molecule has 0 amide bonds. The fourth-order valence-electron chi connectivity index (χ4n) is 2.42. The molecule has 88 valence electrons. The van der Waals surface area contributed by atoms with Crippen molar-refractivity contribution in [1.82, 2.24) is 9.78 Å². The lowest BCUT2D eigenvalue weighted by Crippen LogP contribution is -2.43. The quantitative estimate of drug-likeness (QED) is 0.789. The molecule has 1 aromatic heterocycles. The fourth-order valence-corrected chi connectivity index (χ4v) is 2.42. The van der Waals surface area contributed by atoms with Gasteiger partial charge < -0.3 is 5.73 Å². The summed E-state index contributed by atoms with van der Waals surface area (Å²) in [5.74, 6) is 0.123. The maximum absolute atomic E-state index is 12.0. The molecule has 1 heterocycles. The molecule has 0 radical (unpaired) electrons. The summed E-state index contributed by atoms with van der Waals surface area (Å²) in [4.78, 5) is 12.0. The van der Waals surface area contributed by atoms with Crippen LogP contribution in [0.15, 0.2) is 12.4 Å². The van der Waals surface area contributed by atoms with Gasteiger partial charge in [0.15, 0.2) is 5.78 Å². The molecule has 0 spiro atoms. The van der Waals surface area contributed by atoms with Gasteiger partial charge in [-0.15, -0.1) is 0 Å². The zero-order chi connectivity index (χ0) is 11.6. The highest BCUT2D eigenvalue weighted by Gasteiger charge is 2.30. The van der Waals surface area contributed by atoms with Crippen LogP contribution in [-0.2, 0) is 7.05 Å². The van der Waals surface area contributed by atoms with Crippen molar-refractivity contribution in [2.45, 2.75) is 44.1 Å². The molecular weight excluding hydrogens is 202 g/mol. The molecule has 0 atom stereocenters. The van der Waals surface area contributed by atoms with Crippen LogP contribution in [-0.4, -0.2) is 21.1 Å². The number of Topliss-reactive ketones (excluding diaryl/α,β-unsaturated/α-hetero) is 1. The average Bonchev–Trinajstić information content (AvgIpc) is 2.65. The molecule has 0 unspecified atom stereocenters. The van der Waals surface area contributed by atoms with Crippen LogP contribution in [0.5, 0.6) is 0 Å². The molecule has 16 heavy (non-hydrogen) atoms. The van der Waals surface area contributed by atoms with Crippen LogP contribution < -0.4 is 5.73 Å². The number of aryl methyl sites for hydroxylation is 1. The van der Waals surface area contributed by atoms with Gasteiger partial charge in [0, 0.05) is 25.2 Å². The van der Waals surface area contributed by atoms with Crippen LogP contribution in [0.1, 0.15) is 48.9 Å². The lowest BCUT2D eigenvalue weighted by molar-refractivity contribution is 0.0934. The van der Waals surface area contributed by atoms with E-state index in [1.807, 2.05) is 7.05 Å². The summed E-state index contributed by atoms with van der Waals surface area (Å²) in [6.45, 7) is 0. The van der Waals surface area contributed by atoms with Crippen molar-refractivity contribution in [3.63, 3.8) is 0 Å². The number of rotatable bonds is 3. The second-order valence-corrected chi connectivity index (χ2v) is 4.93. The molecular formula is C12H19N3O. The highest BCUT2D eigenvalue weighted by atomic mass is 16.1. The molecule has 0 aliphatic heterocycles. The van der Waals surface area contributed by atoms with Crippen LogP contribution in [0, 0.1) is 0 Å². The minimum Gasteiger partial charge on any atom is -0.325 e. The van der Waals surface area contributed by atoms with E-state index in [4.69, 9.17) is 5.73 Å². The van der Waals surface area contributed by atoms with Crippen molar-refractivity contribution < 1.29 is 4.79 Å². The molecule has 1 aliphatic carbocycles. The highest BCUT2D eigenvalue weighted by Crippen LogP contribution is 2.29. The number of hydrogen-bond acceptors (Lipinski definition) is 3. The van der Waals surface area contributed by atoms with Crippen LogP contribution in [0.3, 0.4) is 0 Å². The highest BCUT2D eigenvalue weighted by molar-refractivity contribution is 5.96. The van der Waals surface area contributed by atoms with E-state index in [1.54, 1.807) is 17.1 Å². The fraction of sp³-hybridized carbons (Fsp3) is 0.667. The van der Waals surface area contributed by atoms with E-state index in [0.717, 1.165) is 25.7 Å². The van der Waals surface area contributed by atoms with Crippen LogP contribution in [0.25, 0.3) is 0 Å². The first-order valence-corrected chi connectivity index (χ1v) is 5.90.